The van der Waals surface area contributed by atoms with Crippen molar-refractivity contribution in [3.8, 4) is 0 Å². The first-order valence-corrected chi connectivity index (χ1v) is 6.99. The van der Waals surface area contributed by atoms with Gasteiger partial charge in [0.15, 0.2) is 5.78 Å². The maximum atomic E-state index is 12.7. The van der Waals surface area contributed by atoms with Crippen LogP contribution in [0.2, 0.25) is 5.02 Å². The molecule has 0 saturated carbocycles. The first kappa shape index (κ1) is 14.5. The van der Waals surface area contributed by atoms with Gasteiger partial charge < -0.3 is 9.47 Å². The Morgan fingerprint density at radius 3 is 2.68 bits per heavy atom. The Balaban J connectivity index is 2.30. The number of hydrogen-bond acceptors (Lipinski definition) is 3. The molecule has 2 rings (SSSR count). The first-order valence-electron chi connectivity index (χ1n) is 6.62. The summed E-state index contributed by atoms with van der Waals surface area (Å²) in [5, 5.41) is 0.615. The van der Waals surface area contributed by atoms with E-state index in [0.29, 0.717) is 43.2 Å². The minimum atomic E-state index is -0.744. The highest BCUT2D eigenvalue weighted by atomic mass is 35.5. The number of halogens is 1. The Bertz CT molecular complexity index is 459. The van der Waals surface area contributed by atoms with Crippen LogP contribution in [0.4, 0.5) is 0 Å². The van der Waals surface area contributed by atoms with Gasteiger partial charge in [-0.15, -0.1) is 0 Å². The number of carbonyl (C=O) groups excluding carboxylic acids is 1. The van der Waals surface area contributed by atoms with E-state index < -0.39 is 5.60 Å². The highest BCUT2D eigenvalue weighted by Crippen LogP contribution is 2.30. The zero-order chi connectivity index (χ0) is 13.9. The van der Waals surface area contributed by atoms with Crippen LogP contribution in [0.5, 0.6) is 0 Å². The van der Waals surface area contributed by atoms with Crippen LogP contribution in [0.3, 0.4) is 0 Å². The van der Waals surface area contributed by atoms with Crippen LogP contribution in [-0.4, -0.2) is 31.2 Å². The van der Waals surface area contributed by atoms with Gasteiger partial charge in [0.05, 0.1) is 0 Å². The second-order valence-corrected chi connectivity index (χ2v) is 5.24. The third kappa shape index (κ3) is 2.99. The zero-order valence-electron chi connectivity index (χ0n) is 11.4. The lowest BCUT2D eigenvalue weighted by Gasteiger charge is -2.35. The summed E-state index contributed by atoms with van der Waals surface area (Å²) >= 11 is 6.10. The van der Waals surface area contributed by atoms with E-state index in [9.17, 15) is 4.79 Å². The second kappa shape index (κ2) is 6.04. The fourth-order valence-electron chi connectivity index (χ4n) is 2.41. The SMILES string of the molecule is CCOC1(C(=O)c2ccc(C)c(Cl)c2)CCOCC1. The van der Waals surface area contributed by atoms with E-state index >= 15 is 0 Å². The number of hydrogen-bond donors (Lipinski definition) is 0. The number of ketones is 1. The number of rotatable bonds is 4. The van der Waals surface area contributed by atoms with Gasteiger partial charge in [-0.05, 0) is 25.5 Å². The van der Waals surface area contributed by atoms with Crippen molar-refractivity contribution in [1.82, 2.24) is 0 Å². The van der Waals surface area contributed by atoms with Crippen LogP contribution in [0, 0.1) is 6.92 Å². The predicted molar refractivity (Wildman–Crippen MR) is 74.9 cm³/mol. The molecule has 0 amide bonds. The van der Waals surface area contributed by atoms with Gasteiger partial charge in [-0.2, -0.15) is 0 Å². The van der Waals surface area contributed by atoms with Gasteiger partial charge in [-0.1, -0.05) is 23.7 Å². The van der Waals surface area contributed by atoms with Gasteiger partial charge in [0.1, 0.15) is 5.60 Å². The summed E-state index contributed by atoms with van der Waals surface area (Å²) in [5.74, 6) is 0.0135. The molecule has 1 saturated heterocycles. The molecule has 0 radical (unpaired) electrons. The number of carbonyl (C=O) groups is 1. The van der Waals surface area contributed by atoms with Crippen LogP contribution in [0.1, 0.15) is 35.7 Å². The summed E-state index contributed by atoms with van der Waals surface area (Å²) in [5.41, 5.74) is 0.840. The van der Waals surface area contributed by atoms with Crippen molar-refractivity contribution in [3.63, 3.8) is 0 Å². The van der Waals surface area contributed by atoms with Crippen LogP contribution >= 0.6 is 11.6 Å². The van der Waals surface area contributed by atoms with Crippen LogP contribution in [0.15, 0.2) is 18.2 Å². The average Bonchev–Trinajstić information content (AvgIpc) is 2.42. The Hall–Kier alpha value is -0.900. The summed E-state index contributed by atoms with van der Waals surface area (Å²) < 4.78 is 11.1. The van der Waals surface area contributed by atoms with Crippen molar-refractivity contribution in [2.75, 3.05) is 19.8 Å². The number of benzene rings is 1. The van der Waals surface area contributed by atoms with Gasteiger partial charge in [0.2, 0.25) is 0 Å². The summed E-state index contributed by atoms with van der Waals surface area (Å²) in [6, 6.07) is 5.42. The molecule has 1 heterocycles. The number of Topliss-reactive ketones (excluding diaryl/α,β-unsaturated/α-hetero) is 1. The molecule has 1 aliphatic rings. The maximum absolute atomic E-state index is 12.7. The predicted octanol–water partition coefficient (Wildman–Crippen LogP) is 3.42. The largest absolute Gasteiger partial charge is 0.381 e. The molecule has 104 valence electrons. The lowest BCUT2D eigenvalue weighted by atomic mass is 9.85. The summed E-state index contributed by atoms with van der Waals surface area (Å²) in [4.78, 5) is 12.7. The molecule has 1 fully saturated rings. The topological polar surface area (TPSA) is 35.5 Å². The van der Waals surface area contributed by atoms with Gasteiger partial charge in [-0.25, -0.2) is 0 Å². The number of ether oxygens (including phenoxy) is 2. The van der Waals surface area contributed by atoms with Crippen molar-refractivity contribution >= 4 is 17.4 Å². The zero-order valence-corrected chi connectivity index (χ0v) is 12.1. The molecule has 0 spiro atoms. The standard InChI is InChI=1S/C15H19ClO3/c1-3-19-15(6-8-18-9-7-15)14(17)12-5-4-11(2)13(16)10-12/h4-5,10H,3,6-9H2,1-2H3. The molecule has 1 aromatic carbocycles. The molecule has 1 aromatic rings. The smallest absolute Gasteiger partial charge is 0.194 e. The summed E-state index contributed by atoms with van der Waals surface area (Å²) in [6.07, 6.45) is 1.20. The normalized spacial score (nSPS) is 18.3. The average molecular weight is 283 g/mol. The highest BCUT2D eigenvalue weighted by molar-refractivity contribution is 6.31. The van der Waals surface area contributed by atoms with E-state index in [1.165, 1.54) is 0 Å². The van der Waals surface area contributed by atoms with E-state index in [0.717, 1.165) is 5.56 Å². The molecule has 0 unspecified atom stereocenters. The fourth-order valence-corrected chi connectivity index (χ4v) is 2.59. The molecule has 4 heteroatoms. The molecular weight excluding hydrogens is 264 g/mol. The van der Waals surface area contributed by atoms with E-state index in [1.54, 1.807) is 6.07 Å². The van der Waals surface area contributed by atoms with Gasteiger partial charge in [0, 0.05) is 43.2 Å². The molecule has 0 atom stereocenters. The Labute approximate surface area is 118 Å². The van der Waals surface area contributed by atoms with Crippen molar-refractivity contribution in [2.24, 2.45) is 0 Å². The molecular formula is C15H19ClO3. The van der Waals surface area contributed by atoms with Gasteiger partial charge in [0.25, 0.3) is 0 Å². The van der Waals surface area contributed by atoms with E-state index in [1.807, 2.05) is 26.0 Å². The molecule has 1 aliphatic heterocycles. The quantitative estimate of drug-likeness (QED) is 0.794. The van der Waals surface area contributed by atoms with Crippen LogP contribution in [0.25, 0.3) is 0 Å². The summed E-state index contributed by atoms with van der Waals surface area (Å²) in [6.45, 7) is 5.47. The minimum Gasteiger partial charge on any atom is -0.381 e. The lowest BCUT2D eigenvalue weighted by molar-refractivity contribution is -0.0822. The summed E-state index contributed by atoms with van der Waals surface area (Å²) in [7, 11) is 0. The first-order chi connectivity index (χ1) is 9.09. The molecule has 19 heavy (non-hydrogen) atoms. The fraction of sp³-hybridized carbons (Fsp3) is 0.533. The molecule has 0 aliphatic carbocycles. The van der Waals surface area contributed by atoms with Crippen molar-refractivity contribution in [2.45, 2.75) is 32.3 Å². The molecule has 0 N–H and O–H groups in total. The van der Waals surface area contributed by atoms with Crippen molar-refractivity contribution in [3.05, 3.63) is 34.3 Å². The number of aryl methyl sites for hydroxylation is 1. The van der Waals surface area contributed by atoms with Crippen molar-refractivity contribution in [1.29, 1.82) is 0 Å². The van der Waals surface area contributed by atoms with Crippen LogP contribution in [-0.2, 0) is 9.47 Å². The Kier molecular flexibility index (Phi) is 4.61. The molecule has 3 nitrogen and oxygen atoms in total. The molecule has 0 aromatic heterocycles. The third-order valence-corrected chi connectivity index (χ3v) is 3.98. The molecule has 0 bridgehead atoms. The second-order valence-electron chi connectivity index (χ2n) is 4.83. The Morgan fingerprint density at radius 1 is 1.42 bits per heavy atom. The van der Waals surface area contributed by atoms with Gasteiger partial charge in [-0.3, -0.25) is 4.79 Å². The van der Waals surface area contributed by atoms with E-state index in [-0.39, 0.29) is 5.78 Å². The monoisotopic (exact) mass is 282 g/mol. The third-order valence-electron chi connectivity index (χ3n) is 3.57. The van der Waals surface area contributed by atoms with Crippen LogP contribution < -0.4 is 0 Å². The van der Waals surface area contributed by atoms with E-state index in [4.69, 9.17) is 21.1 Å². The maximum Gasteiger partial charge on any atom is 0.194 e. The lowest BCUT2D eigenvalue weighted by Crippen LogP contribution is -2.46. The van der Waals surface area contributed by atoms with E-state index in [2.05, 4.69) is 0 Å². The van der Waals surface area contributed by atoms with Gasteiger partial charge >= 0.3 is 0 Å². The minimum absolute atomic E-state index is 0.0135. The van der Waals surface area contributed by atoms with Crippen molar-refractivity contribution < 1.29 is 14.3 Å². The highest BCUT2D eigenvalue weighted by Gasteiger charge is 2.41. The Morgan fingerprint density at radius 2 is 2.11 bits per heavy atom.